The van der Waals surface area contributed by atoms with Crippen LogP contribution in [-0.2, 0) is 16.1 Å². The largest absolute Gasteiger partial charge is 0.504 e. The van der Waals surface area contributed by atoms with E-state index in [1.807, 2.05) is 6.07 Å². The lowest BCUT2D eigenvalue weighted by atomic mass is 10.0. The number of hydrogen-bond acceptors (Lipinski definition) is 4. The molecule has 1 aliphatic heterocycles. The van der Waals surface area contributed by atoms with Crippen LogP contribution in [0.1, 0.15) is 31.7 Å². The Bertz CT molecular complexity index is 588. The van der Waals surface area contributed by atoms with Crippen molar-refractivity contribution < 1.29 is 19.4 Å². The van der Waals surface area contributed by atoms with E-state index in [4.69, 9.17) is 4.74 Å². The van der Waals surface area contributed by atoms with Gasteiger partial charge in [-0.25, -0.2) is 0 Å². The van der Waals surface area contributed by atoms with Crippen molar-refractivity contribution in [2.75, 3.05) is 20.7 Å². The number of ether oxygens (including phenoxy) is 1. The molecule has 0 saturated carbocycles. The monoisotopic (exact) mass is 320 g/mol. The third-order valence-corrected chi connectivity index (χ3v) is 4.23. The van der Waals surface area contributed by atoms with E-state index < -0.39 is 0 Å². The van der Waals surface area contributed by atoms with E-state index in [9.17, 15) is 14.7 Å². The van der Waals surface area contributed by atoms with E-state index >= 15 is 0 Å². The average Bonchev–Trinajstić information content (AvgIpc) is 2.54. The number of likely N-dealkylation sites (tertiary alicyclic amines) is 1. The molecule has 0 bridgehead atoms. The molecule has 6 heteroatoms. The minimum absolute atomic E-state index is 0.0499. The molecule has 1 atom stereocenters. The molecule has 0 aromatic heterocycles. The summed E-state index contributed by atoms with van der Waals surface area (Å²) in [4.78, 5) is 27.7. The standard InChI is InChI=1S/C17H24N2O4/c1-12(20)19-9-5-4-6-14(19)17(22)18(2)11-13-7-8-16(23-3)15(21)10-13/h7-8,10,14,21H,4-6,9,11H2,1-3H3. The van der Waals surface area contributed by atoms with E-state index in [0.717, 1.165) is 18.4 Å². The molecule has 2 amide bonds. The number of amides is 2. The Labute approximate surface area is 136 Å². The van der Waals surface area contributed by atoms with Gasteiger partial charge in [0, 0.05) is 27.1 Å². The molecule has 1 heterocycles. The number of carbonyl (C=O) groups excluding carboxylic acids is 2. The molecule has 23 heavy (non-hydrogen) atoms. The number of hydrogen-bond donors (Lipinski definition) is 1. The minimum atomic E-state index is -0.377. The Morgan fingerprint density at radius 3 is 2.74 bits per heavy atom. The first-order valence-electron chi connectivity index (χ1n) is 7.82. The van der Waals surface area contributed by atoms with Crippen molar-refractivity contribution in [3.05, 3.63) is 23.8 Å². The molecule has 1 unspecified atom stereocenters. The van der Waals surface area contributed by atoms with Crippen molar-refractivity contribution in [2.45, 2.75) is 38.8 Å². The lowest BCUT2D eigenvalue weighted by Gasteiger charge is -2.36. The van der Waals surface area contributed by atoms with Crippen LogP contribution in [0.4, 0.5) is 0 Å². The number of phenolic OH excluding ortho intramolecular Hbond substituents is 1. The zero-order chi connectivity index (χ0) is 17.0. The summed E-state index contributed by atoms with van der Waals surface area (Å²) in [5, 5.41) is 9.83. The van der Waals surface area contributed by atoms with Crippen LogP contribution < -0.4 is 4.74 Å². The summed E-state index contributed by atoms with van der Waals surface area (Å²) in [7, 11) is 3.21. The average molecular weight is 320 g/mol. The Balaban J connectivity index is 2.07. The van der Waals surface area contributed by atoms with Gasteiger partial charge < -0.3 is 19.6 Å². The Hall–Kier alpha value is -2.24. The van der Waals surface area contributed by atoms with Gasteiger partial charge in [-0.2, -0.15) is 0 Å². The minimum Gasteiger partial charge on any atom is -0.504 e. The quantitative estimate of drug-likeness (QED) is 0.918. The number of aromatic hydroxyl groups is 1. The predicted octanol–water partition coefficient (Wildman–Crippen LogP) is 1.76. The third kappa shape index (κ3) is 3.94. The maximum atomic E-state index is 12.7. The maximum absolute atomic E-state index is 12.7. The molecule has 0 spiro atoms. The second kappa shape index (κ2) is 7.35. The lowest BCUT2D eigenvalue weighted by molar-refractivity contribution is -0.146. The van der Waals surface area contributed by atoms with Gasteiger partial charge in [0.05, 0.1) is 7.11 Å². The highest BCUT2D eigenvalue weighted by atomic mass is 16.5. The number of methoxy groups -OCH3 is 1. The van der Waals surface area contributed by atoms with Gasteiger partial charge in [0.15, 0.2) is 11.5 Å². The number of nitrogens with zero attached hydrogens (tertiary/aromatic N) is 2. The summed E-state index contributed by atoms with van der Waals surface area (Å²) in [6, 6.07) is 4.70. The SMILES string of the molecule is COc1ccc(CN(C)C(=O)C2CCCCN2C(C)=O)cc1O. The normalized spacial score (nSPS) is 17.7. The molecule has 1 aromatic rings. The summed E-state index contributed by atoms with van der Waals surface area (Å²) in [6.07, 6.45) is 2.60. The molecule has 6 nitrogen and oxygen atoms in total. The van der Waals surface area contributed by atoms with E-state index in [0.29, 0.717) is 25.3 Å². The van der Waals surface area contributed by atoms with Crippen LogP contribution in [0.2, 0.25) is 0 Å². The van der Waals surface area contributed by atoms with Gasteiger partial charge in [0.25, 0.3) is 0 Å². The molecule has 1 N–H and O–H groups in total. The zero-order valence-corrected chi connectivity index (χ0v) is 13.9. The number of piperidine rings is 1. The highest BCUT2D eigenvalue weighted by Crippen LogP contribution is 2.27. The summed E-state index contributed by atoms with van der Waals surface area (Å²) < 4.78 is 5.01. The summed E-state index contributed by atoms with van der Waals surface area (Å²) in [6.45, 7) is 2.52. The van der Waals surface area contributed by atoms with Gasteiger partial charge in [-0.1, -0.05) is 6.07 Å². The molecular formula is C17H24N2O4. The molecule has 1 aliphatic rings. The Morgan fingerprint density at radius 1 is 1.39 bits per heavy atom. The van der Waals surface area contributed by atoms with Crippen molar-refractivity contribution in [3.8, 4) is 11.5 Å². The van der Waals surface area contributed by atoms with Gasteiger partial charge in [-0.05, 0) is 37.0 Å². The number of benzene rings is 1. The Kier molecular flexibility index (Phi) is 5.47. The highest BCUT2D eigenvalue weighted by molar-refractivity contribution is 5.87. The van der Waals surface area contributed by atoms with Crippen LogP contribution >= 0.6 is 0 Å². The number of phenols is 1. The molecule has 126 valence electrons. The Morgan fingerprint density at radius 2 is 2.13 bits per heavy atom. The van der Waals surface area contributed by atoms with Gasteiger partial charge >= 0.3 is 0 Å². The fraction of sp³-hybridized carbons (Fsp3) is 0.529. The second-order valence-corrected chi connectivity index (χ2v) is 5.92. The summed E-state index contributed by atoms with van der Waals surface area (Å²) >= 11 is 0. The van der Waals surface area contributed by atoms with Crippen LogP contribution in [0.15, 0.2) is 18.2 Å². The smallest absolute Gasteiger partial charge is 0.245 e. The van der Waals surface area contributed by atoms with Crippen molar-refractivity contribution in [1.29, 1.82) is 0 Å². The van der Waals surface area contributed by atoms with Crippen molar-refractivity contribution >= 4 is 11.8 Å². The van der Waals surface area contributed by atoms with Gasteiger partial charge in [0.1, 0.15) is 6.04 Å². The van der Waals surface area contributed by atoms with Crippen molar-refractivity contribution in [1.82, 2.24) is 9.80 Å². The van der Waals surface area contributed by atoms with Crippen LogP contribution in [0.3, 0.4) is 0 Å². The molecule has 1 aromatic carbocycles. The van der Waals surface area contributed by atoms with Crippen LogP contribution in [0.25, 0.3) is 0 Å². The predicted molar refractivity (Wildman–Crippen MR) is 86.2 cm³/mol. The van der Waals surface area contributed by atoms with Crippen molar-refractivity contribution in [3.63, 3.8) is 0 Å². The number of carbonyl (C=O) groups is 2. The van der Waals surface area contributed by atoms with E-state index in [-0.39, 0.29) is 23.6 Å². The van der Waals surface area contributed by atoms with Gasteiger partial charge in [0.2, 0.25) is 11.8 Å². The fourth-order valence-corrected chi connectivity index (χ4v) is 3.01. The molecule has 1 fully saturated rings. The first kappa shape index (κ1) is 17.1. The molecule has 2 rings (SSSR count). The van der Waals surface area contributed by atoms with Gasteiger partial charge in [-0.3, -0.25) is 9.59 Å². The maximum Gasteiger partial charge on any atom is 0.245 e. The van der Waals surface area contributed by atoms with E-state index in [1.165, 1.54) is 14.0 Å². The molecule has 1 saturated heterocycles. The van der Waals surface area contributed by atoms with Gasteiger partial charge in [-0.15, -0.1) is 0 Å². The molecular weight excluding hydrogens is 296 g/mol. The lowest BCUT2D eigenvalue weighted by Crippen LogP contribution is -2.51. The molecule has 0 radical (unpaired) electrons. The van der Waals surface area contributed by atoms with E-state index in [1.54, 1.807) is 29.0 Å². The number of likely N-dealkylation sites (N-methyl/N-ethyl adjacent to an activating group) is 1. The first-order valence-corrected chi connectivity index (χ1v) is 7.82. The summed E-state index contributed by atoms with van der Waals surface area (Å²) in [5.41, 5.74) is 0.810. The van der Waals surface area contributed by atoms with Crippen LogP contribution in [-0.4, -0.2) is 53.5 Å². The molecule has 0 aliphatic carbocycles. The topological polar surface area (TPSA) is 70.1 Å². The van der Waals surface area contributed by atoms with Crippen LogP contribution in [0, 0.1) is 0 Å². The second-order valence-electron chi connectivity index (χ2n) is 5.92. The van der Waals surface area contributed by atoms with Crippen LogP contribution in [0.5, 0.6) is 11.5 Å². The zero-order valence-electron chi connectivity index (χ0n) is 13.9. The van der Waals surface area contributed by atoms with E-state index in [2.05, 4.69) is 0 Å². The first-order chi connectivity index (χ1) is 10.9. The third-order valence-electron chi connectivity index (χ3n) is 4.23. The summed E-state index contributed by atoms with van der Waals surface area (Å²) in [5.74, 6) is 0.334. The fourth-order valence-electron chi connectivity index (χ4n) is 3.01. The van der Waals surface area contributed by atoms with Crippen molar-refractivity contribution in [2.24, 2.45) is 0 Å². The number of rotatable bonds is 4. The highest BCUT2D eigenvalue weighted by Gasteiger charge is 2.32.